The van der Waals surface area contributed by atoms with E-state index in [1.165, 1.54) is 9.58 Å². The third-order valence-electron chi connectivity index (χ3n) is 2.98. The van der Waals surface area contributed by atoms with Crippen LogP contribution in [0.1, 0.15) is 16.1 Å². The number of nitrogens with two attached hydrogens (primary N) is 1. The van der Waals surface area contributed by atoms with E-state index in [0.717, 1.165) is 0 Å². The Morgan fingerprint density at radius 2 is 2.20 bits per heavy atom. The molecule has 2 aromatic rings. The third-order valence-corrected chi connectivity index (χ3v) is 2.98. The second kappa shape index (κ2) is 5.43. The first-order chi connectivity index (χ1) is 9.54. The Morgan fingerprint density at radius 1 is 1.45 bits per heavy atom. The monoisotopic (exact) mass is 273 g/mol. The lowest BCUT2D eigenvalue weighted by Gasteiger charge is -2.18. The number of aromatic nitrogens is 2. The molecule has 1 aromatic carbocycles. The van der Waals surface area contributed by atoms with Crippen molar-refractivity contribution in [2.45, 2.75) is 0 Å². The van der Waals surface area contributed by atoms with Gasteiger partial charge >= 0.3 is 0 Å². The molecule has 2 rings (SSSR count). The molecule has 7 heteroatoms. The summed E-state index contributed by atoms with van der Waals surface area (Å²) >= 11 is 0. The molecular weight excluding hydrogens is 258 g/mol. The fourth-order valence-electron chi connectivity index (χ4n) is 1.80. The van der Waals surface area contributed by atoms with Gasteiger partial charge in [-0.15, -0.1) is 0 Å². The standard InChI is InChI=1S/C13H15N5O2/c1-17(13(19)11-6-7-15-18(11)2)10-5-3-4-9(8-10)12(14)16-20/h3-8,20H,1-2H3,(H2,14,16). The molecule has 1 heterocycles. The van der Waals surface area contributed by atoms with Crippen LogP contribution in [0.2, 0.25) is 0 Å². The fourth-order valence-corrected chi connectivity index (χ4v) is 1.80. The Morgan fingerprint density at radius 3 is 2.80 bits per heavy atom. The van der Waals surface area contributed by atoms with Gasteiger partial charge in [-0.05, 0) is 18.2 Å². The summed E-state index contributed by atoms with van der Waals surface area (Å²) in [4.78, 5) is 13.8. The van der Waals surface area contributed by atoms with Gasteiger partial charge in [-0.1, -0.05) is 17.3 Å². The van der Waals surface area contributed by atoms with Crippen LogP contribution in [0, 0.1) is 0 Å². The zero-order valence-electron chi connectivity index (χ0n) is 11.2. The van der Waals surface area contributed by atoms with Crippen LogP contribution in [0.4, 0.5) is 5.69 Å². The summed E-state index contributed by atoms with van der Waals surface area (Å²) in [6.07, 6.45) is 1.56. The molecule has 0 aliphatic rings. The van der Waals surface area contributed by atoms with E-state index < -0.39 is 0 Å². The summed E-state index contributed by atoms with van der Waals surface area (Å²) < 4.78 is 1.51. The van der Waals surface area contributed by atoms with Gasteiger partial charge in [0.25, 0.3) is 5.91 Å². The van der Waals surface area contributed by atoms with Gasteiger partial charge in [0.2, 0.25) is 0 Å². The minimum Gasteiger partial charge on any atom is -0.409 e. The Labute approximate surface area is 115 Å². The van der Waals surface area contributed by atoms with Crippen LogP contribution in [0.5, 0.6) is 0 Å². The predicted octanol–water partition coefficient (Wildman–Crippen LogP) is 0.791. The van der Waals surface area contributed by atoms with E-state index in [1.54, 1.807) is 50.6 Å². The lowest BCUT2D eigenvalue weighted by Crippen LogP contribution is -2.28. The molecule has 0 spiro atoms. The highest BCUT2D eigenvalue weighted by molar-refractivity contribution is 6.05. The molecule has 104 valence electrons. The molecular formula is C13H15N5O2. The van der Waals surface area contributed by atoms with E-state index in [2.05, 4.69) is 10.3 Å². The first-order valence-corrected chi connectivity index (χ1v) is 5.88. The average Bonchev–Trinajstić information content (AvgIpc) is 2.91. The number of anilines is 1. The number of carbonyl (C=O) groups is 1. The second-order valence-corrected chi connectivity index (χ2v) is 4.24. The van der Waals surface area contributed by atoms with Crippen LogP contribution in [-0.2, 0) is 7.05 Å². The molecule has 1 aromatic heterocycles. The van der Waals surface area contributed by atoms with Gasteiger partial charge in [-0.25, -0.2) is 0 Å². The number of benzene rings is 1. The zero-order valence-corrected chi connectivity index (χ0v) is 11.2. The first-order valence-electron chi connectivity index (χ1n) is 5.88. The number of nitrogens with zero attached hydrogens (tertiary/aromatic N) is 4. The van der Waals surface area contributed by atoms with E-state index in [4.69, 9.17) is 10.9 Å². The molecule has 0 fully saturated rings. The quantitative estimate of drug-likeness (QED) is 0.374. The number of hydrogen-bond acceptors (Lipinski definition) is 4. The van der Waals surface area contributed by atoms with Crippen molar-refractivity contribution in [1.29, 1.82) is 0 Å². The molecule has 0 radical (unpaired) electrons. The van der Waals surface area contributed by atoms with Gasteiger partial charge in [-0.2, -0.15) is 5.10 Å². The molecule has 1 amide bonds. The summed E-state index contributed by atoms with van der Waals surface area (Å²) in [5.74, 6) is -0.199. The van der Waals surface area contributed by atoms with Crippen LogP contribution in [-0.4, -0.2) is 33.8 Å². The molecule has 0 bridgehead atoms. The number of rotatable bonds is 3. The summed E-state index contributed by atoms with van der Waals surface area (Å²) in [5.41, 5.74) is 7.19. The van der Waals surface area contributed by atoms with Crippen molar-refractivity contribution < 1.29 is 10.0 Å². The molecule has 0 saturated carbocycles. The second-order valence-electron chi connectivity index (χ2n) is 4.24. The summed E-state index contributed by atoms with van der Waals surface area (Å²) in [6, 6.07) is 8.51. The van der Waals surface area contributed by atoms with Crippen LogP contribution in [0.25, 0.3) is 0 Å². The van der Waals surface area contributed by atoms with Crippen LogP contribution < -0.4 is 10.6 Å². The van der Waals surface area contributed by atoms with Gasteiger partial charge < -0.3 is 15.8 Å². The van der Waals surface area contributed by atoms with E-state index in [9.17, 15) is 4.79 Å². The lowest BCUT2D eigenvalue weighted by molar-refractivity contribution is 0.0984. The van der Waals surface area contributed by atoms with Crippen molar-refractivity contribution in [3.63, 3.8) is 0 Å². The predicted molar refractivity (Wildman–Crippen MR) is 74.9 cm³/mol. The maximum absolute atomic E-state index is 12.3. The van der Waals surface area contributed by atoms with E-state index >= 15 is 0 Å². The Hall–Kier alpha value is -2.83. The number of carbonyl (C=O) groups excluding carboxylic acids is 1. The normalized spacial score (nSPS) is 11.4. The SMILES string of the molecule is CN(C(=O)c1ccnn1C)c1cccc(C(N)=NO)c1. The van der Waals surface area contributed by atoms with Gasteiger partial charge in [-0.3, -0.25) is 9.48 Å². The molecule has 0 aliphatic heterocycles. The molecule has 0 aliphatic carbocycles. The Balaban J connectivity index is 2.32. The molecule has 20 heavy (non-hydrogen) atoms. The Kier molecular flexibility index (Phi) is 3.69. The Bertz CT molecular complexity index is 662. The van der Waals surface area contributed by atoms with E-state index in [1.807, 2.05) is 0 Å². The number of amides is 1. The largest absolute Gasteiger partial charge is 0.409 e. The molecule has 3 N–H and O–H groups in total. The molecule has 0 atom stereocenters. The summed E-state index contributed by atoms with van der Waals surface area (Å²) in [6.45, 7) is 0. The van der Waals surface area contributed by atoms with Gasteiger partial charge in [0.05, 0.1) is 0 Å². The number of oxime groups is 1. The van der Waals surface area contributed by atoms with Crippen LogP contribution in [0.3, 0.4) is 0 Å². The summed E-state index contributed by atoms with van der Waals surface area (Å²) in [5, 5.41) is 15.6. The molecule has 0 unspecified atom stereocenters. The molecule has 0 saturated heterocycles. The summed E-state index contributed by atoms with van der Waals surface area (Å²) in [7, 11) is 3.36. The van der Waals surface area contributed by atoms with Gasteiger partial charge in [0, 0.05) is 31.5 Å². The van der Waals surface area contributed by atoms with Gasteiger partial charge in [0.1, 0.15) is 5.69 Å². The number of aryl methyl sites for hydroxylation is 1. The number of amidine groups is 1. The fraction of sp³-hybridized carbons (Fsp3) is 0.154. The van der Waals surface area contributed by atoms with Crippen molar-refractivity contribution in [1.82, 2.24) is 9.78 Å². The highest BCUT2D eigenvalue weighted by Crippen LogP contribution is 2.17. The van der Waals surface area contributed by atoms with E-state index in [0.29, 0.717) is 16.9 Å². The van der Waals surface area contributed by atoms with Crippen molar-refractivity contribution in [2.24, 2.45) is 17.9 Å². The topological polar surface area (TPSA) is 96.7 Å². The maximum Gasteiger partial charge on any atom is 0.276 e. The maximum atomic E-state index is 12.3. The van der Waals surface area contributed by atoms with E-state index in [-0.39, 0.29) is 11.7 Å². The lowest BCUT2D eigenvalue weighted by atomic mass is 10.1. The third kappa shape index (κ3) is 2.46. The van der Waals surface area contributed by atoms with Crippen molar-refractivity contribution in [3.8, 4) is 0 Å². The van der Waals surface area contributed by atoms with Crippen LogP contribution in [0.15, 0.2) is 41.7 Å². The minimum absolute atomic E-state index is 0.00627. The molecule has 7 nitrogen and oxygen atoms in total. The highest BCUT2D eigenvalue weighted by Gasteiger charge is 2.17. The first kappa shape index (κ1) is 13.6. The zero-order chi connectivity index (χ0) is 14.7. The smallest absolute Gasteiger partial charge is 0.276 e. The van der Waals surface area contributed by atoms with Gasteiger partial charge in [0.15, 0.2) is 5.84 Å². The van der Waals surface area contributed by atoms with Crippen LogP contribution >= 0.6 is 0 Å². The highest BCUT2D eigenvalue weighted by atomic mass is 16.4. The van der Waals surface area contributed by atoms with Crippen molar-refractivity contribution in [3.05, 3.63) is 47.8 Å². The van der Waals surface area contributed by atoms with Crippen molar-refractivity contribution >= 4 is 17.4 Å². The minimum atomic E-state index is -0.193. The number of hydrogen-bond donors (Lipinski definition) is 2. The average molecular weight is 273 g/mol. The van der Waals surface area contributed by atoms with Crippen molar-refractivity contribution in [2.75, 3.05) is 11.9 Å².